The number of hydrogen-bond acceptors (Lipinski definition) is 7. The van der Waals surface area contributed by atoms with Gasteiger partial charge in [0.05, 0.1) is 38.1 Å². The van der Waals surface area contributed by atoms with Gasteiger partial charge in [-0.05, 0) is 43.9 Å². The van der Waals surface area contributed by atoms with Crippen LogP contribution in [0, 0.1) is 0 Å². The number of nitrogens with one attached hydrogen (secondary N) is 1. The lowest BCUT2D eigenvalue weighted by Gasteiger charge is -2.33. The van der Waals surface area contributed by atoms with Crippen LogP contribution in [0.1, 0.15) is 30.0 Å². The van der Waals surface area contributed by atoms with Crippen LogP contribution >= 0.6 is 0 Å². The van der Waals surface area contributed by atoms with E-state index < -0.39 is 0 Å². The summed E-state index contributed by atoms with van der Waals surface area (Å²) in [4.78, 5) is 22.3. The third kappa shape index (κ3) is 4.18. The van der Waals surface area contributed by atoms with Crippen molar-refractivity contribution < 1.29 is 14.3 Å². The molecule has 202 valence electrons. The minimum Gasteiger partial charge on any atom is -0.494 e. The number of likely N-dealkylation sites (N-methyl/N-ethyl adjacent to an activating group) is 1. The molecule has 2 saturated heterocycles. The van der Waals surface area contributed by atoms with Crippen LogP contribution in [-0.2, 0) is 22.4 Å². The minimum absolute atomic E-state index is 0.123. The van der Waals surface area contributed by atoms with E-state index in [1.54, 1.807) is 7.11 Å². The summed E-state index contributed by atoms with van der Waals surface area (Å²) in [7, 11) is 3.68. The highest BCUT2D eigenvalue weighted by Crippen LogP contribution is 2.39. The fraction of sp³-hybridized carbons (Fsp3) is 0.448. The number of aryl methyl sites for hydroxylation is 1. The Balaban J connectivity index is 1.17. The number of hydrogen-bond donors (Lipinski definition) is 1. The number of carbonyl (C=O) groups excluding carboxylic acids is 1. The van der Waals surface area contributed by atoms with Crippen molar-refractivity contribution in [3.63, 3.8) is 0 Å². The second-order valence-electron chi connectivity index (χ2n) is 10.8. The smallest absolute Gasteiger partial charge is 0.242 e. The van der Waals surface area contributed by atoms with Gasteiger partial charge in [0.2, 0.25) is 5.91 Å². The normalized spacial score (nSPS) is 21.5. The van der Waals surface area contributed by atoms with Gasteiger partial charge in [0.25, 0.3) is 0 Å². The summed E-state index contributed by atoms with van der Waals surface area (Å²) in [5.74, 6) is 0.877. The Morgan fingerprint density at radius 2 is 2.13 bits per heavy atom. The molecule has 2 aliphatic heterocycles. The van der Waals surface area contributed by atoms with Crippen molar-refractivity contribution in [3.8, 4) is 28.3 Å². The Morgan fingerprint density at radius 3 is 3.00 bits per heavy atom. The van der Waals surface area contributed by atoms with Gasteiger partial charge in [-0.3, -0.25) is 19.5 Å². The number of fused-ring (bicyclic) bond motifs is 2. The molecule has 5 heterocycles. The monoisotopic (exact) mass is 527 g/mol. The minimum atomic E-state index is -0.204. The second-order valence-corrected chi connectivity index (χ2v) is 10.8. The summed E-state index contributed by atoms with van der Waals surface area (Å²) in [5.41, 5.74) is 8.03. The zero-order valence-corrected chi connectivity index (χ0v) is 22.4. The van der Waals surface area contributed by atoms with E-state index in [1.165, 1.54) is 17.5 Å². The molecule has 1 amide bonds. The highest BCUT2D eigenvalue weighted by atomic mass is 16.5. The molecular weight excluding hydrogens is 494 g/mol. The van der Waals surface area contributed by atoms with Gasteiger partial charge in [-0.2, -0.15) is 10.2 Å². The summed E-state index contributed by atoms with van der Waals surface area (Å²) in [5, 5.41) is 12.4. The van der Waals surface area contributed by atoms with Gasteiger partial charge in [-0.1, -0.05) is 18.2 Å². The fourth-order valence-electron chi connectivity index (χ4n) is 6.30. The molecule has 0 bridgehead atoms. The van der Waals surface area contributed by atoms with Crippen LogP contribution in [0.3, 0.4) is 0 Å². The van der Waals surface area contributed by atoms with Gasteiger partial charge < -0.3 is 14.4 Å². The highest BCUT2D eigenvalue weighted by molar-refractivity contribution is 5.93. The van der Waals surface area contributed by atoms with Crippen molar-refractivity contribution in [3.05, 3.63) is 47.8 Å². The predicted molar refractivity (Wildman–Crippen MR) is 147 cm³/mol. The van der Waals surface area contributed by atoms with E-state index in [1.807, 2.05) is 35.1 Å². The maximum absolute atomic E-state index is 13.1. The molecule has 1 N–H and O–H groups in total. The second kappa shape index (κ2) is 9.77. The van der Waals surface area contributed by atoms with Gasteiger partial charge in [0.15, 0.2) is 0 Å². The predicted octanol–water partition coefficient (Wildman–Crippen LogP) is 3.09. The molecule has 4 aromatic rings. The third-order valence-corrected chi connectivity index (χ3v) is 8.53. The molecule has 39 heavy (non-hydrogen) atoms. The van der Waals surface area contributed by atoms with Crippen LogP contribution in [0.25, 0.3) is 33.5 Å². The van der Waals surface area contributed by atoms with E-state index in [4.69, 9.17) is 14.5 Å². The van der Waals surface area contributed by atoms with Crippen molar-refractivity contribution >= 4 is 16.9 Å². The summed E-state index contributed by atoms with van der Waals surface area (Å²) in [6, 6.07) is 8.37. The topological polar surface area (TPSA) is 101 Å². The van der Waals surface area contributed by atoms with E-state index in [9.17, 15) is 4.79 Å². The highest BCUT2D eigenvalue weighted by Gasteiger charge is 2.35. The number of benzene rings is 1. The Kier molecular flexibility index (Phi) is 6.08. The zero-order chi connectivity index (χ0) is 26.5. The number of pyridine rings is 1. The Hall–Kier alpha value is -3.76. The summed E-state index contributed by atoms with van der Waals surface area (Å²) in [6.07, 6.45) is 8.07. The number of nitrogens with zero attached hydrogens (tertiary/aromatic N) is 6. The first-order valence-electron chi connectivity index (χ1n) is 13.8. The molecule has 0 radical (unpaired) electrons. The lowest BCUT2D eigenvalue weighted by Crippen LogP contribution is -2.52. The largest absolute Gasteiger partial charge is 0.494 e. The summed E-state index contributed by atoms with van der Waals surface area (Å²) >= 11 is 0. The van der Waals surface area contributed by atoms with E-state index in [2.05, 4.69) is 38.4 Å². The van der Waals surface area contributed by atoms with Crippen LogP contribution in [0.4, 0.5) is 0 Å². The third-order valence-electron chi connectivity index (χ3n) is 8.53. The van der Waals surface area contributed by atoms with Crippen LogP contribution in [0.15, 0.2) is 36.7 Å². The molecule has 0 saturated carbocycles. The number of likely N-dealkylation sites (tertiary alicyclic amines) is 1. The van der Waals surface area contributed by atoms with E-state index in [0.29, 0.717) is 19.8 Å². The number of amides is 1. The summed E-state index contributed by atoms with van der Waals surface area (Å²) < 4.78 is 13.3. The zero-order valence-electron chi connectivity index (χ0n) is 22.4. The average molecular weight is 528 g/mol. The summed E-state index contributed by atoms with van der Waals surface area (Å²) in [6.45, 7) is 3.28. The van der Waals surface area contributed by atoms with Crippen LogP contribution in [0.5, 0.6) is 5.75 Å². The molecule has 0 spiro atoms. The average Bonchev–Trinajstić information content (AvgIpc) is 3.77. The molecule has 10 heteroatoms. The van der Waals surface area contributed by atoms with Crippen molar-refractivity contribution in [1.82, 2.24) is 34.8 Å². The van der Waals surface area contributed by atoms with E-state index in [-0.39, 0.29) is 18.0 Å². The number of rotatable bonds is 5. The van der Waals surface area contributed by atoms with E-state index >= 15 is 0 Å². The van der Waals surface area contributed by atoms with Gasteiger partial charge in [0.1, 0.15) is 28.7 Å². The Labute approximate surface area is 226 Å². The van der Waals surface area contributed by atoms with Crippen LogP contribution in [0.2, 0.25) is 0 Å². The lowest BCUT2D eigenvalue weighted by molar-refractivity contribution is -0.141. The molecule has 3 aromatic heterocycles. The van der Waals surface area contributed by atoms with E-state index in [0.717, 1.165) is 71.6 Å². The molecule has 2 atom stereocenters. The Bertz CT molecular complexity index is 1540. The fourth-order valence-corrected chi connectivity index (χ4v) is 6.30. The molecule has 10 nitrogen and oxygen atoms in total. The first kappa shape index (κ1) is 24.3. The molecule has 1 aromatic carbocycles. The van der Waals surface area contributed by atoms with Gasteiger partial charge in [0, 0.05) is 43.0 Å². The first-order chi connectivity index (χ1) is 19.1. The molecule has 2 fully saturated rings. The Morgan fingerprint density at radius 1 is 1.21 bits per heavy atom. The van der Waals surface area contributed by atoms with Crippen molar-refractivity contribution in [1.29, 1.82) is 0 Å². The number of morpholine rings is 1. The number of ether oxygens (including phenoxy) is 2. The maximum atomic E-state index is 13.1. The molecule has 0 unspecified atom stereocenters. The first-order valence-corrected chi connectivity index (χ1v) is 13.8. The van der Waals surface area contributed by atoms with Crippen molar-refractivity contribution in [2.75, 3.05) is 47.0 Å². The maximum Gasteiger partial charge on any atom is 0.242 e. The number of H-pyrrole nitrogens is 1. The van der Waals surface area contributed by atoms with Crippen LogP contribution in [-0.4, -0.2) is 93.7 Å². The molecule has 1 aliphatic carbocycles. The standard InChI is InChI=1S/C29H33N7O3/c1-34-11-12-39-17-24(34)29(37)35-10-9-20(16-35)36-15-19(14-30-36)26-28-23(32-33-26)13-25(38-2)27(31-28)22-8-4-6-18-5-3-7-21(18)22/h4,6,8,13-15,20,24H,3,5,7,9-12,16-17H2,1-2H3,(H,32,33)/t20-,24+/m0/s1. The van der Waals surface area contributed by atoms with Crippen LogP contribution < -0.4 is 4.74 Å². The molecule has 3 aliphatic rings. The number of aromatic nitrogens is 5. The lowest BCUT2D eigenvalue weighted by atomic mass is 9.99. The number of methoxy groups -OCH3 is 1. The van der Waals surface area contributed by atoms with Crippen molar-refractivity contribution in [2.45, 2.75) is 37.8 Å². The molecule has 7 rings (SSSR count). The number of carbonyl (C=O) groups is 1. The van der Waals surface area contributed by atoms with Gasteiger partial charge in [-0.25, -0.2) is 4.98 Å². The SMILES string of the molecule is COc1cc2[nH]nc(-c3cnn([C@H]4CCN(C(=O)[C@H]5COCCN5C)C4)c3)c2nc1-c1cccc2c1CCC2. The quantitative estimate of drug-likeness (QED) is 0.426. The number of aromatic amines is 1. The van der Waals surface area contributed by atoms with Crippen molar-refractivity contribution in [2.24, 2.45) is 0 Å². The van der Waals surface area contributed by atoms with Gasteiger partial charge in [-0.15, -0.1) is 0 Å². The molecular formula is C29H33N7O3. The van der Waals surface area contributed by atoms with Gasteiger partial charge >= 0.3 is 0 Å².